The number of aliphatic hydroxyl groups is 3. The molecule has 0 unspecified atom stereocenters. The molecule has 2 heterocycles. The SMILES string of the molecule is CC[C@H]1C[C@H](C)[C@@]2(NC1=O)O[C@@H](C[C@H](O)[C@@H](C)CC/C=C/C=C(\C)[C@@H](C)C/C=C/C=C/[C@H](O)[C@H](C)[C@@H](O)[C@H](C)CCC(C)=O)[C@H](C)C=C2C. The van der Waals surface area contributed by atoms with Gasteiger partial charge in [-0.15, -0.1) is 0 Å². The summed E-state index contributed by atoms with van der Waals surface area (Å²) in [5, 5.41) is 35.4. The number of rotatable bonds is 19. The van der Waals surface area contributed by atoms with E-state index in [9.17, 15) is 24.9 Å². The number of nitrogens with one attached hydrogen (secondary N) is 1. The molecule has 1 fully saturated rings. The van der Waals surface area contributed by atoms with Crippen molar-refractivity contribution < 1.29 is 29.6 Å². The van der Waals surface area contributed by atoms with E-state index in [1.807, 2.05) is 26.0 Å². The maximum absolute atomic E-state index is 12.8. The second-order valence-electron chi connectivity index (χ2n) is 15.5. The molecule has 0 aromatic carbocycles. The van der Waals surface area contributed by atoms with E-state index in [-0.39, 0.29) is 53.3 Å². The van der Waals surface area contributed by atoms with Crippen LogP contribution in [0.4, 0.5) is 0 Å². The van der Waals surface area contributed by atoms with Gasteiger partial charge in [0.25, 0.3) is 0 Å². The van der Waals surface area contributed by atoms with Crippen molar-refractivity contribution in [2.45, 2.75) is 151 Å². The average molecular weight is 684 g/mol. The molecule has 49 heavy (non-hydrogen) atoms. The second-order valence-corrected chi connectivity index (χ2v) is 15.5. The smallest absolute Gasteiger partial charge is 0.225 e. The fraction of sp³-hybridized carbons (Fsp3) is 0.714. The van der Waals surface area contributed by atoms with Crippen LogP contribution in [0.15, 0.2) is 59.8 Å². The number of hydrogen-bond donors (Lipinski definition) is 4. The standard InChI is InChI=1S/C42H69NO6/c1-11-36-25-33(8)42(43-41(36)48)32(7)24-31(6)39(49-42)26-38(46)29(4)20-16-12-14-18-27(2)28(3)19-15-13-17-21-37(45)35(10)40(47)30(5)22-23-34(9)44/h12-15,17-18,21,24,28-31,33,35-40,45-47H,11,16,19-20,22-23,25-26H2,1-10H3,(H,43,48)/b14-12+,15-13+,21-17+,27-18+/t28-,29-,30+,31+,33-,35-,36-,37-,38-,39-,40-,42-/m0/s1. The number of ether oxygens (including phenoxy) is 1. The van der Waals surface area contributed by atoms with Gasteiger partial charge in [-0.2, -0.15) is 0 Å². The van der Waals surface area contributed by atoms with Gasteiger partial charge < -0.3 is 30.2 Å². The number of Topliss-reactive ketones (excluding diaryl/α,β-unsaturated/α-hetero) is 1. The third kappa shape index (κ3) is 12.7. The van der Waals surface area contributed by atoms with Crippen molar-refractivity contribution in [1.29, 1.82) is 0 Å². The fourth-order valence-corrected chi connectivity index (χ4v) is 7.14. The number of ketones is 1. The Kier molecular flexibility index (Phi) is 17.9. The first-order valence-corrected chi connectivity index (χ1v) is 18.9. The quantitative estimate of drug-likeness (QED) is 0.0810. The van der Waals surface area contributed by atoms with Gasteiger partial charge in [0.05, 0.1) is 24.4 Å². The Morgan fingerprint density at radius 2 is 1.73 bits per heavy atom. The molecule has 12 atom stereocenters. The zero-order valence-electron chi connectivity index (χ0n) is 32.2. The molecule has 0 saturated carbocycles. The maximum atomic E-state index is 12.8. The van der Waals surface area contributed by atoms with Crippen molar-refractivity contribution in [1.82, 2.24) is 5.32 Å². The predicted molar refractivity (Wildman–Crippen MR) is 200 cm³/mol. The van der Waals surface area contributed by atoms with Crippen molar-refractivity contribution >= 4 is 11.7 Å². The number of aliphatic hydroxyl groups excluding tert-OH is 3. The van der Waals surface area contributed by atoms with Gasteiger partial charge >= 0.3 is 0 Å². The molecule has 7 heteroatoms. The molecule has 1 saturated heterocycles. The van der Waals surface area contributed by atoms with Crippen molar-refractivity contribution in [2.75, 3.05) is 0 Å². The number of piperidine rings is 1. The molecule has 0 radical (unpaired) electrons. The van der Waals surface area contributed by atoms with Gasteiger partial charge in [-0.05, 0) is 82.6 Å². The molecule has 0 aromatic rings. The van der Waals surface area contributed by atoms with E-state index in [1.54, 1.807) is 13.0 Å². The van der Waals surface area contributed by atoms with Crippen LogP contribution in [-0.2, 0) is 14.3 Å². The van der Waals surface area contributed by atoms with Gasteiger partial charge in [0, 0.05) is 36.5 Å². The summed E-state index contributed by atoms with van der Waals surface area (Å²) in [7, 11) is 0. The largest absolute Gasteiger partial charge is 0.393 e. The molecule has 0 bridgehead atoms. The normalized spacial score (nSPS) is 29.5. The van der Waals surface area contributed by atoms with Crippen LogP contribution >= 0.6 is 0 Å². The molecule has 2 aliphatic heterocycles. The lowest BCUT2D eigenvalue weighted by Gasteiger charge is -2.51. The molecule has 1 amide bonds. The summed E-state index contributed by atoms with van der Waals surface area (Å²) in [5.41, 5.74) is 1.57. The van der Waals surface area contributed by atoms with Crippen LogP contribution < -0.4 is 5.32 Å². The summed E-state index contributed by atoms with van der Waals surface area (Å²) in [6.07, 6.45) is 20.0. The third-order valence-corrected chi connectivity index (χ3v) is 11.4. The van der Waals surface area contributed by atoms with Gasteiger partial charge in [0.15, 0.2) is 5.72 Å². The van der Waals surface area contributed by atoms with Gasteiger partial charge in [-0.25, -0.2) is 0 Å². The van der Waals surface area contributed by atoms with Crippen LogP contribution in [0, 0.1) is 41.4 Å². The number of carbonyl (C=O) groups is 2. The summed E-state index contributed by atoms with van der Waals surface area (Å²) >= 11 is 0. The number of amides is 1. The van der Waals surface area contributed by atoms with Gasteiger partial charge in [-0.1, -0.05) is 103 Å². The summed E-state index contributed by atoms with van der Waals surface area (Å²) < 4.78 is 6.70. The Labute approximate surface area is 298 Å². The van der Waals surface area contributed by atoms with E-state index >= 15 is 0 Å². The molecule has 2 aliphatic rings. The highest BCUT2D eigenvalue weighted by molar-refractivity contribution is 5.81. The summed E-state index contributed by atoms with van der Waals surface area (Å²) in [6, 6.07) is 0. The molecule has 0 aliphatic carbocycles. The number of allylic oxidation sites excluding steroid dienone is 7. The Bertz CT molecular complexity index is 1200. The maximum Gasteiger partial charge on any atom is 0.225 e. The van der Waals surface area contributed by atoms with Crippen molar-refractivity contribution in [2.24, 2.45) is 41.4 Å². The topological polar surface area (TPSA) is 116 Å². The zero-order valence-corrected chi connectivity index (χ0v) is 32.2. The summed E-state index contributed by atoms with van der Waals surface area (Å²) in [5.74, 6) is 0.657. The first kappa shape index (κ1) is 42.8. The van der Waals surface area contributed by atoms with Crippen LogP contribution in [0.2, 0.25) is 0 Å². The Morgan fingerprint density at radius 1 is 1.04 bits per heavy atom. The average Bonchev–Trinajstić information content (AvgIpc) is 3.05. The highest BCUT2D eigenvalue weighted by Gasteiger charge is 2.50. The minimum Gasteiger partial charge on any atom is -0.393 e. The molecular weight excluding hydrogens is 614 g/mol. The molecule has 1 spiro atoms. The lowest BCUT2D eigenvalue weighted by molar-refractivity contribution is -0.179. The van der Waals surface area contributed by atoms with E-state index < -0.39 is 24.0 Å². The number of hydrogen-bond acceptors (Lipinski definition) is 6. The molecule has 0 aromatic heterocycles. The Hall–Kier alpha value is -2.32. The van der Waals surface area contributed by atoms with E-state index in [4.69, 9.17) is 4.74 Å². The minimum absolute atomic E-state index is 0.0258. The second kappa shape index (κ2) is 20.5. The van der Waals surface area contributed by atoms with Crippen LogP contribution in [0.1, 0.15) is 121 Å². The number of carbonyl (C=O) groups excluding carboxylic acids is 2. The predicted octanol–water partition coefficient (Wildman–Crippen LogP) is 8.02. The summed E-state index contributed by atoms with van der Waals surface area (Å²) in [4.78, 5) is 24.1. The first-order chi connectivity index (χ1) is 23.0. The van der Waals surface area contributed by atoms with E-state index in [0.717, 1.165) is 37.7 Å². The van der Waals surface area contributed by atoms with Crippen LogP contribution in [0.25, 0.3) is 0 Å². The van der Waals surface area contributed by atoms with Crippen LogP contribution in [0.5, 0.6) is 0 Å². The van der Waals surface area contributed by atoms with Gasteiger partial charge in [-0.3, -0.25) is 4.79 Å². The molecular formula is C42H69NO6. The van der Waals surface area contributed by atoms with E-state index in [1.165, 1.54) is 5.57 Å². The van der Waals surface area contributed by atoms with Crippen molar-refractivity contribution in [3.8, 4) is 0 Å². The summed E-state index contributed by atoms with van der Waals surface area (Å²) in [6.45, 7) is 20.1. The zero-order chi connectivity index (χ0) is 36.9. The lowest BCUT2D eigenvalue weighted by atomic mass is 9.75. The van der Waals surface area contributed by atoms with Crippen molar-refractivity contribution in [3.05, 3.63) is 59.8 Å². The monoisotopic (exact) mass is 684 g/mol. The first-order valence-electron chi connectivity index (χ1n) is 18.9. The van der Waals surface area contributed by atoms with Crippen LogP contribution in [0.3, 0.4) is 0 Å². The fourth-order valence-electron chi connectivity index (χ4n) is 7.14. The Morgan fingerprint density at radius 3 is 2.39 bits per heavy atom. The van der Waals surface area contributed by atoms with E-state index in [2.05, 4.69) is 84.2 Å². The molecule has 7 nitrogen and oxygen atoms in total. The van der Waals surface area contributed by atoms with Crippen LogP contribution in [-0.4, -0.2) is 57.2 Å². The highest BCUT2D eigenvalue weighted by Crippen LogP contribution is 2.43. The molecule has 4 N–H and O–H groups in total. The third-order valence-electron chi connectivity index (χ3n) is 11.4. The van der Waals surface area contributed by atoms with Gasteiger partial charge in [0.1, 0.15) is 5.78 Å². The minimum atomic E-state index is -0.775. The highest BCUT2D eigenvalue weighted by atomic mass is 16.5. The molecule has 278 valence electrons. The van der Waals surface area contributed by atoms with Crippen molar-refractivity contribution in [3.63, 3.8) is 0 Å². The van der Waals surface area contributed by atoms with E-state index in [0.29, 0.717) is 25.2 Å². The lowest BCUT2D eigenvalue weighted by Crippen LogP contribution is -2.64. The Balaban J connectivity index is 1.78. The molecule has 2 rings (SSSR count). The van der Waals surface area contributed by atoms with Gasteiger partial charge in [0.2, 0.25) is 5.91 Å².